The van der Waals surface area contributed by atoms with Gasteiger partial charge in [-0.2, -0.15) is 0 Å². The van der Waals surface area contributed by atoms with Gasteiger partial charge in [0.1, 0.15) is 0 Å². The number of nitrogens with one attached hydrogen (secondary N) is 1. The molecule has 1 saturated heterocycles. The Hall–Kier alpha value is -0.0800. The molecule has 0 saturated carbocycles. The van der Waals surface area contributed by atoms with E-state index in [0.29, 0.717) is 12.8 Å². The Bertz CT molecular complexity index is 101. The van der Waals surface area contributed by atoms with Gasteiger partial charge in [0.2, 0.25) is 0 Å². The molecule has 9 heavy (non-hydrogen) atoms. The minimum Gasteiger partial charge on any atom is -0.363 e. The molecule has 0 radical (unpaired) electrons. The molecule has 0 aromatic rings. The molecule has 2 nitrogen and oxygen atoms in total. The molecule has 54 valence electrons. The lowest BCUT2D eigenvalue weighted by Crippen LogP contribution is -2.48. The quantitative estimate of drug-likeness (QED) is 0.529. The van der Waals surface area contributed by atoms with E-state index in [1.54, 1.807) is 0 Å². The maximum absolute atomic E-state index is 5.30. The second-order valence-corrected chi connectivity index (χ2v) is 3.39. The summed E-state index contributed by atoms with van der Waals surface area (Å²) in [5.41, 5.74) is 0.275. The van der Waals surface area contributed by atoms with Gasteiger partial charge in [0.15, 0.2) is 0 Å². The van der Waals surface area contributed by atoms with Gasteiger partial charge in [-0.3, -0.25) is 5.32 Å². The molecular weight excluding hydrogens is 114 g/mol. The van der Waals surface area contributed by atoms with E-state index in [4.69, 9.17) is 4.74 Å². The summed E-state index contributed by atoms with van der Waals surface area (Å²) in [4.78, 5) is 0. The Morgan fingerprint density at radius 1 is 1.56 bits per heavy atom. The van der Waals surface area contributed by atoms with Gasteiger partial charge in [-0.1, -0.05) is 0 Å². The largest absolute Gasteiger partial charge is 0.363 e. The summed E-state index contributed by atoms with van der Waals surface area (Å²) < 4.78 is 5.30. The van der Waals surface area contributed by atoms with Gasteiger partial charge >= 0.3 is 0 Å². The van der Waals surface area contributed by atoms with Crippen molar-refractivity contribution in [1.29, 1.82) is 0 Å². The van der Waals surface area contributed by atoms with Crippen molar-refractivity contribution in [2.45, 2.75) is 38.8 Å². The third-order valence-corrected chi connectivity index (χ3v) is 1.72. The van der Waals surface area contributed by atoms with Crippen LogP contribution in [-0.2, 0) is 4.74 Å². The van der Waals surface area contributed by atoms with E-state index in [2.05, 4.69) is 26.1 Å². The van der Waals surface area contributed by atoms with Crippen LogP contribution in [0.4, 0.5) is 0 Å². The first-order valence-corrected chi connectivity index (χ1v) is 3.47. The predicted octanol–water partition coefficient (Wildman–Crippen LogP) is 1.12. The van der Waals surface area contributed by atoms with Gasteiger partial charge < -0.3 is 4.74 Å². The van der Waals surface area contributed by atoms with Gasteiger partial charge in [0.05, 0.1) is 12.8 Å². The smallest absolute Gasteiger partial charge is 0.0972 e. The van der Waals surface area contributed by atoms with Gasteiger partial charge in [0.25, 0.3) is 0 Å². The number of rotatable bonds is 0. The SMILES string of the molecule is CC1CC(C)(C)NCO1. The normalized spacial score (nSPS) is 34.3. The van der Waals surface area contributed by atoms with Crippen molar-refractivity contribution in [3.63, 3.8) is 0 Å². The summed E-state index contributed by atoms with van der Waals surface area (Å²) in [7, 11) is 0. The Balaban J connectivity index is 2.41. The highest BCUT2D eigenvalue weighted by atomic mass is 16.5. The molecule has 0 aromatic carbocycles. The second kappa shape index (κ2) is 2.27. The zero-order chi connectivity index (χ0) is 6.91. The van der Waals surface area contributed by atoms with Crippen LogP contribution >= 0.6 is 0 Å². The molecule has 0 bridgehead atoms. The summed E-state index contributed by atoms with van der Waals surface area (Å²) in [5, 5.41) is 3.27. The molecule has 0 amide bonds. The average Bonchev–Trinajstić information content (AvgIpc) is 1.60. The Kier molecular flexibility index (Phi) is 1.78. The molecule has 1 atom stereocenters. The fourth-order valence-electron chi connectivity index (χ4n) is 1.23. The van der Waals surface area contributed by atoms with E-state index >= 15 is 0 Å². The summed E-state index contributed by atoms with van der Waals surface area (Å²) in [5.74, 6) is 0. The van der Waals surface area contributed by atoms with Gasteiger partial charge in [-0.25, -0.2) is 0 Å². The van der Waals surface area contributed by atoms with E-state index in [1.807, 2.05) is 0 Å². The van der Waals surface area contributed by atoms with E-state index in [1.165, 1.54) is 0 Å². The maximum Gasteiger partial charge on any atom is 0.0972 e. The minimum absolute atomic E-state index is 0.275. The van der Waals surface area contributed by atoms with Crippen LogP contribution in [0.1, 0.15) is 27.2 Å². The zero-order valence-electron chi connectivity index (χ0n) is 6.40. The number of hydrogen-bond donors (Lipinski definition) is 1. The fraction of sp³-hybridized carbons (Fsp3) is 1.00. The molecule has 1 aliphatic rings. The van der Waals surface area contributed by atoms with Crippen LogP contribution in [-0.4, -0.2) is 18.4 Å². The van der Waals surface area contributed by atoms with Crippen LogP contribution in [0.25, 0.3) is 0 Å². The van der Waals surface area contributed by atoms with Gasteiger partial charge in [0, 0.05) is 5.54 Å². The molecule has 1 unspecified atom stereocenters. The van der Waals surface area contributed by atoms with Crippen molar-refractivity contribution in [2.24, 2.45) is 0 Å². The molecule has 0 aromatic heterocycles. The second-order valence-electron chi connectivity index (χ2n) is 3.39. The van der Waals surface area contributed by atoms with Crippen LogP contribution in [0.15, 0.2) is 0 Å². The van der Waals surface area contributed by atoms with Gasteiger partial charge in [-0.15, -0.1) is 0 Å². The maximum atomic E-state index is 5.30. The van der Waals surface area contributed by atoms with Crippen molar-refractivity contribution in [3.05, 3.63) is 0 Å². The number of ether oxygens (including phenoxy) is 1. The molecule has 0 aliphatic carbocycles. The molecule has 1 heterocycles. The van der Waals surface area contributed by atoms with Crippen LogP contribution in [0.5, 0.6) is 0 Å². The topological polar surface area (TPSA) is 21.3 Å². The molecule has 0 spiro atoms. The van der Waals surface area contributed by atoms with Crippen molar-refractivity contribution >= 4 is 0 Å². The summed E-state index contributed by atoms with van der Waals surface area (Å²) >= 11 is 0. The molecule has 1 aliphatic heterocycles. The van der Waals surface area contributed by atoms with E-state index in [9.17, 15) is 0 Å². The molecular formula is C7H15NO. The van der Waals surface area contributed by atoms with Crippen molar-refractivity contribution in [3.8, 4) is 0 Å². The first kappa shape index (κ1) is 7.03. The predicted molar refractivity (Wildman–Crippen MR) is 37.2 cm³/mol. The van der Waals surface area contributed by atoms with E-state index in [0.717, 1.165) is 6.42 Å². The van der Waals surface area contributed by atoms with E-state index < -0.39 is 0 Å². The highest BCUT2D eigenvalue weighted by Crippen LogP contribution is 2.16. The van der Waals surface area contributed by atoms with E-state index in [-0.39, 0.29) is 5.54 Å². The minimum atomic E-state index is 0.275. The molecule has 1 N–H and O–H groups in total. The van der Waals surface area contributed by atoms with Crippen molar-refractivity contribution < 1.29 is 4.74 Å². The third kappa shape index (κ3) is 1.95. The lowest BCUT2D eigenvalue weighted by Gasteiger charge is -2.34. The summed E-state index contributed by atoms with van der Waals surface area (Å²) in [6.07, 6.45) is 1.52. The Morgan fingerprint density at radius 2 is 2.22 bits per heavy atom. The van der Waals surface area contributed by atoms with Crippen LogP contribution < -0.4 is 5.32 Å². The lowest BCUT2D eigenvalue weighted by molar-refractivity contribution is -0.0220. The van der Waals surface area contributed by atoms with Crippen LogP contribution in [0.2, 0.25) is 0 Å². The molecule has 1 fully saturated rings. The molecule has 2 heteroatoms. The Labute approximate surface area is 56.6 Å². The Morgan fingerprint density at radius 3 is 2.56 bits per heavy atom. The lowest BCUT2D eigenvalue weighted by atomic mass is 9.97. The highest BCUT2D eigenvalue weighted by Gasteiger charge is 2.24. The summed E-state index contributed by atoms with van der Waals surface area (Å²) in [6, 6.07) is 0. The fourth-order valence-corrected chi connectivity index (χ4v) is 1.23. The third-order valence-electron chi connectivity index (χ3n) is 1.72. The first-order valence-electron chi connectivity index (χ1n) is 3.47. The van der Waals surface area contributed by atoms with Crippen LogP contribution in [0, 0.1) is 0 Å². The van der Waals surface area contributed by atoms with Crippen molar-refractivity contribution in [2.75, 3.05) is 6.73 Å². The average molecular weight is 129 g/mol. The molecule has 1 rings (SSSR count). The van der Waals surface area contributed by atoms with Gasteiger partial charge in [-0.05, 0) is 27.2 Å². The zero-order valence-corrected chi connectivity index (χ0v) is 6.40. The standard InChI is InChI=1S/C7H15NO/c1-6-4-7(2,3)8-5-9-6/h6,8H,4-5H2,1-3H3. The number of hydrogen-bond acceptors (Lipinski definition) is 2. The monoisotopic (exact) mass is 129 g/mol. The van der Waals surface area contributed by atoms with Crippen molar-refractivity contribution in [1.82, 2.24) is 5.32 Å². The van der Waals surface area contributed by atoms with Crippen LogP contribution in [0.3, 0.4) is 0 Å². The first-order chi connectivity index (χ1) is 4.10. The highest BCUT2D eigenvalue weighted by molar-refractivity contribution is 4.81. The summed E-state index contributed by atoms with van der Waals surface area (Å²) in [6.45, 7) is 7.22.